The molecule has 1 aromatic heterocycles. The molecule has 1 heterocycles. The van der Waals surface area contributed by atoms with Gasteiger partial charge >= 0.3 is 0 Å². The third-order valence-corrected chi connectivity index (χ3v) is 1.70. The topological polar surface area (TPSA) is 66.0 Å². The van der Waals surface area contributed by atoms with Crippen molar-refractivity contribution in [2.45, 2.75) is 13.0 Å². The first-order valence-corrected chi connectivity index (χ1v) is 3.96. The fraction of sp³-hybridized carbons (Fsp3) is 0.250. The first kappa shape index (κ1) is 9.62. The molecule has 1 amide bonds. The van der Waals surface area contributed by atoms with E-state index < -0.39 is 11.9 Å². The Morgan fingerprint density at radius 1 is 1.85 bits per heavy atom. The van der Waals surface area contributed by atoms with Crippen LogP contribution in [-0.4, -0.2) is 11.9 Å². The number of rotatable bonds is 2. The van der Waals surface area contributed by atoms with E-state index in [4.69, 9.17) is 21.3 Å². The highest BCUT2D eigenvalue weighted by Gasteiger charge is 2.14. The molecule has 0 aliphatic heterocycles. The predicted molar refractivity (Wildman–Crippen MR) is 46.3 cm³/mol. The second-order valence-corrected chi connectivity index (χ2v) is 2.78. The van der Waals surface area contributed by atoms with Crippen LogP contribution >= 0.6 is 11.6 Å². The lowest BCUT2D eigenvalue weighted by atomic mass is 10.3. The van der Waals surface area contributed by atoms with E-state index in [1.807, 2.05) is 6.07 Å². The fourth-order valence-corrected chi connectivity index (χ4v) is 0.963. The zero-order valence-corrected chi connectivity index (χ0v) is 7.63. The average Bonchev–Trinajstić information content (AvgIpc) is 2.51. The lowest BCUT2D eigenvalue weighted by molar-refractivity contribution is 0.0947. The summed E-state index contributed by atoms with van der Waals surface area (Å²) in [6.07, 6.45) is 1.31. The molecule has 13 heavy (non-hydrogen) atoms. The van der Waals surface area contributed by atoms with Crippen molar-refractivity contribution in [2.24, 2.45) is 0 Å². The Morgan fingerprint density at radius 3 is 3.00 bits per heavy atom. The van der Waals surface area contributed by atoms with E-state index in [9.17, 15) is 4.79 Å². The summed E-state index contributed by atoms with van der Waals surface area (Å²) in [6, 6.07) is 2.77. The van der Waals surface area contributed by atoms with Crippen LogP contribution in [0.5, 0.6) is 0 Å². The van der Waals surface area contributed by atoms with Gasteiger partial charge in [0.25, 0.3) is 5.91 Å². The number of nitrogens with zero attached hydrogens (tertiary/aromatic N) is 1. The van der Waals surface area contributed by atoms with E-state index >= 15 is 0 Å². The number of nitrogens with one attached hydrogen (secondary N) is 1. The molecule has 0 spiro atoms. The molecule has 1 atom stereocenters. The highest BCUT2D eigenvalue weighted by molar-refractivity contribution is 6.32. The van der Waals surface area contributed by atoms with Gasteiger partial charge in [-0.1, -0.05) is 0 Å². The molecule has 0 radical (unpaired) electrons. The highest BCUT2D eigenvalue weighted by Crippen LogP contribution is 2.16. The van der Waals surface area contributed by atoms with Gasteiger partial charge in [0.15, 0.2) is 0 Å². The smallest absolute Gasteiger partial charge is 0.257 e. The van der Waals surface area contributed by atoms with E-state index in [0.29, 0.717) is 0 Å². The summed E-state index contributed by atoms with van der Waals surface area (Å²) >= 11 is 5.55. The van der Waals surface area contributed by atoms with E-state index in [0.717, 1.165) is 0 Å². The van der Waals surface area contributed by atoms with Crippen molar-refractivity contribution >= 4 is 17.5 Å². The van der Waals surface area contributed by atoms with Crippen molar-refractivity contribution in [1.29, 1.82) is 5.26 Å². The number of halogens is 1. The fourth-order valence-electron chi connectivity index (χ4n) is 0.762. The maximum atomic E-state index is 11.3. The third kappa shape index (κ3) is 2.23. The number of carbonyl (C=O) groups is 1. The minimum absolute atomic E-state index is 0.0302. The molecule has 1 N–H and O–H groups in total. The summed E-state index contributed by atoms with van der Waals surface area (Å²) in [5.74, 6) is -0.409. The minimum atomic E-state index is -0.543. The number of nitriles is 1. The van der Waals surface area contributed by atoms with Gasteiger partial charge in [0.1, 0.15) is 6.04 Å². The largest absolute Gasteiger partial charge is 0.452 e. The second kappa shape index (κ2) is 3.97. The van der Waals surface area contributed by atoms with Gasteiger partial charge in [-0.25, -0.2) is 0 Å². The summed E-state index contributed by atoms with van der Waals surface area (Å²) in [4.78, 5) is 11.3. The van der Waals surface area contributed by atoms with Crippen molar-refractivity contribution < 1.29 is 9.21 Å². The molecule has 5 heteroatoms. The Balaban J connectivity index is 2.71. The summed E-state index contributed by atoms with van der Waals surface area (Å²) in [7, 11) is 0. The summed E-state index contributed by atoms with van der Waals surface area (Å²) in [5.41, 5.74) is 0.240. The Labute approximate surface area is 80.1 Å². The van der Waals surface area contributed by atoms with Crippen LogP contribution in [-0.2, 0) is 0 Å². The second-order valence-electron chi connectivity index (χ2n) is 2.43. The standard InChI is InChI=1S/C8H7ClN2O2/c1-5(4-10)11-8(12)6-2-3-13-7(6)9/h2-3,5H,1H3,(H,11,12). The Morgan fingerprint density at radius 2 is 2.54 bits per heavy atom. The molecule has 1 aromatic rings. The normalized spacial score (nSPS) is 11.8. The van der Waals surface area contributed by atoms with Crippen LogP contribution in [0.2, 0.25) is 5.22 Å². The van der Waals surface area contributed by atoms with E-state index in [1.54, 1.807) is 6.92 Å². The van der Waals surface area contributed by atoms with Crippen molar-refractivity contribution in [1.82, 2.24) is 5.32 Å². The molecule has 1 unspecified atom stereocenters. The van der Waals surface area contributed by atoms with Crippen LogP contribution in [0.15, 0.2) is 16.7 Å². The Kier molecular flexibility index (Phi) is 2.93. The summed E-state index contributed by atoms with van der Waals surface area (Å²) in [5, 5.41) is 10.9. The average molecular weight is 199 g/mol. The molecular formula is C8H7ClN2O2. The first-order valence-electron chi connectivity index (χ1n) is 3.58. The van der Waals surface area contributed by atoms with Crippen molar-refractivity contribution in [3.05, 3.63) is 23.1 Å². The number of carbonyl (C=O) groups excluding carboxylic acids is 1. The van der Waals surface area contributed by atoms with Gasteiger partial charge in [-0.05, 0) is 24.6 Å². The van der Waals surface area contributed by atoms with E-state index in [1.165, 1.54) is 12.3 Å². The molecule has 0 saturated heterocycles. The molecule has 1 rings (SSSR count). The van der Waals surface area contributed by atoms with Crippen molar-refractivity contribution in [3.8, 4) is 6.07 Å². The SMILES string of the molecule is CC(C#N)NC(=O)c1ccoc1Cl. The summed E-state index contributed by atoms with van der Waals surface area (Å²) in [6.45, 7) is 1.58. The Hall–Kier alpha value is -1.47. The molecule has 0 aliphatic rings. The maximum Gasteiger partial charge on any atom is 0.257 e. The van der Waals surface area contributed by atoms with Gasteiger partial charge in [-0.3, -0.25) is 4.79 Å². The predicted octanol–water partition coefficient (Wildman–Crippen LogP) is 1.57. The number of hydrogen-bond acceptors (Lipinski definition) is 3. The monoisotopic (exact) mass is 198 g/mol. The van der Waals surface area contributed by atoms with Gasteiger partial charge in [0.05, 0.1) is 17.9 Å². The molecule has 0 bridgehead atoms. The molecule has 0 fully saturated rings. The third-order valence-electron chi connectivity index (χ3n) is 1.40. The maximum absolute atomic E-state index is 11.3. The van der Waals surface area contributed by atoms with Crippen LogP contribution < -0.4 is 5.32 Å². The number of hydrogen-bond donors (Lipinski definition) is 1. The first-order chi connectivity index (χ1) is 6.15. The van der Waals surface area contributed by atoms with E-state index in [-0.39, 0.29) is 10.8 Å². The van der Waals surface area contributed by atoms with Crippen LogP contribution in [0.4, 0.5) is 0 Å². The van der Waals surface area contributed by atoms with Gasteiger partial charge in [0.2, 0.25) is 5.22 Å². The van der Waals surface area contributed by atoms with Crippen LogP contribution in [0.1, 0.15) is 17.3 Å². The van der Waals surface area contributed by atoms with Crippen LogP contribution in [0.25, 0.3) is 0 Å². The van der Waals surface area contributed by atoms with Gasteiger partial charge in [-0.2, -0.15) is 5.26 Å². The zero-order valence-electron chi connectivity index (χ0n) is 6.87. The number of amides is 1. The van der Waals surface area contributed by atoms with Crippen LogP contribution in [0.3, 0.4) is 0 Å². The van der Waals surface area contributed by atoms with Gasteiger partial charge in [-0.15, -0.1) is 0 Å². The Bertz CT molecular complexity index is 353. The van der Waals surface area contributed by atoms with Gasteiger partial charge < -0.3 is 9.73 Å². The lowest BCUT2D eigenvalue weighted by Gasteiger charge is -2.03. The summed E-state index contributed by atoms with van der Waals surface area (Å²) < 4.78 is 4.72. The van der Waals surface area contributed by atoms with Gasteiger partial charge in [0, 0.05) is 0 Å². The quantitative estimate of drug-likeness (QED) is 0.785. The van der Waals surface area contributed by atoms with Crippen molar-refractivity contribution in [2.75, 3.05) is 0 Å². The molecule has 0 aliphatic carbocycles. The molecule has 68 valence electrons. The molecular weight excluding hydrogens is 192 g/mol. The molecule has 0 saturated carbocycles. The van der Waals surface area contributed by atoms with Crippen molar-refractivity contribution in [3.63, 3.8) is 0 Å². The van der Waals surface area contributed by atoms with E-state index in [2.05, 4.69) is 5.32 Å². The van der Waals surface area contributed by atoms with Crippen LogP contribution in [0, 0.1) is 11.3 Å². The molecule has 0 aromatic carbocycles. The zero-order chi connectivity index (χ0) is 9.84. The lowest BCUT2D eigenvalue weighted by Crippen LogP contribution is -2.31. The highest BCUT2D eigenvalue weighted by atomic mass is 35.5. The molecule has 4 nitrogen and oxygen atoms in total. The number of furan rings is 1. The minimum Gasteiger partial charge on any atom is -0.452 e.